The van der Waals surface area contributed by atoms with Crippen molar-refractivity contribution >= 4 is 0 Å². The highest BCUT2D eigenvalue weighted by atomic mass is 16.5. The third kappa shape index (κ3) is 4.24. The van der Waals surface area contributed by atoms with Crippen molar-refractivity contribution in [2.24, 2.45) is 5.92 Å². The molecule has 0 amide bonds. The number of aryl methyl sites for hydroxylation is 1. The van der Waals surface area contributed by atoms with Crippen LogP contribution in [0.25, 0.3) is 0 Å². The van der Waals surface area contributed by atoms with Gasteiger partial charge in [0.1, 0.15) is 5.75 Å². The third-order valence-corrected chi connectivity index (χ3v) is 4.28. The predicted molar refractivity (Wildman–Crippen MR) is 80.9 cm³/mol. The molecule has 0 radical (unpaired) electrons. The van der Waals surface area contributed by atoms with Gasteiger partial charge in [-0.05, 0) is 63.1 Å². The fourth-order valence-corrected chi connectivity index (χ4v) is 2.98. The normalized spacial score (nSPS) is 23.3. The fourth-order valence-electron chi connectivity index (χ4n) is 2.98. The van der Waals surface area contributed by atoms with Crippen LogP contribution in [0.5, 0.6) is 5.75 Å². The average Bonchev–Trinajstić information content (AvgIpc) is 2.41. The molecule has 2 heteroatoms. The molecule has 0 aromatic heterocycles. The van der Waals surface area contributed by atoms with Gasteiger partial charge in [0, 0.05) is 6.04 Å². The standard InChI is InChI=1S/C17H27NO/c1-13-4-7-16(8-5-13)18-11-10-15-12-14(2)6-9-17(15)19-3/h6,9,12-13,16,18H,4-5,7-8,10-11H2,1-3H3. The van der Waals surface area contributed by atoms with Gasteiger partial charge in [-0.1, -0.05) is 24.6 Å². The van der Waals surface area contributed by atoms with Crippen LogP contribution < -0.4 is 10.1 Å². The molecule has 0 spiro atoms. The lowest BCUT2D eigenvalue weighted by Gasteiger charge is -2.27. The van der Waals surface area contributed by atoms with E-state index in [1.165, 1.54) is 36.8 Å². The monoisotopic (exact) mass is 261 g/mol. The molecule has 0 heterocycles. The van der Waals surface area contributed by atoms with E-state index < -0.39 is 0 Å². The molecular weight excluding hydrogens is 234 g/mol. The highest BCUT2D eigenvalue weighted by Gasteiger charge is 2.17. The summed E-state index contributed by atoms with van der Waals surface area (Å²) >= 11 is 0. The Bertz CT molecular complexity index is 394. The van der Waals surface area contributed by atoms with Crippen LogP contribution in [0.4, 0.5) is 0 Å². The molecule has 1 aliphatic rings. The zero-order chi connectivity index (χ0) is 13.7. The van der Waals surface area contributed by atoms with Crippen LogP contribution in [0.3, 0.4) is 0 Å². The molecule has 1 N–H and O–H groups in total. The molecule has 1 aromatic carbocycles. The van der Waals surface area contributed by atoms with Crippen LogP contribution in [0.1, 0.15) is 43.7 Å². The molecule has 0 unspecified atom stereocenters. The van der Waals surface area contributed by atoms with Gasteiger partial charge in [-0.15, -0.1) is 0 Å². The second kappa shape index (κ2) is 6.95. The van der Waals surface area contributed by atoms with E-state index in [4.69, 9.17) is 4.74 Å². The molecule has 0 bridgehead atoms. The Labute approximate surface area is 117 Å². The average molecular weight is 261 g/mol. The van der Waals surface area contributed by atoms with Crippen molar-refractivity contribution in [3.05, 3.63) is 29.3 Å². The number of rotatable bonds is 5. The van der Waals surface area contributed by atoms with Gasteiger partial charge in [0.2, 0.25) is 0 Å². The Morgan fingerprint density at radius 3 is 2.63 bits per heavy atom. The van der Waals surface area contributed by atoms with E-state index in [9.17, 15) is 0 Å². The first-order chi connectivity index (χ1) is 9.19. The minimum Gasteiger partial charge on any atom is -0.496 e. The summed E-state index contributed by atoms with van der Waals surface area (Å²) in [5, 5.41) is 3.71. The molecule has 1 aromatic rings. The number of hydrogen-bond donors (Lipinski definition) is 1. The Kier molecular flexibility index (Phi) is 5.26. The van der Waals surface area contributed by atoms with Crippen molar-refractivity contribution in [2.45, 2.75) is 52.0 Å². The van der Waals surface area contributed by atoms with Gasteiger partial charge in [-0.3, -0.25) is 0 Å². The first-order valence-corrected chi connectivity index (χ1v) is 7.56. The van der Waals surface area contributed by atoms with E-state index in [1.54, 1.807) is 7.11 Å². The number of ether oxygens (including phenoxy) is 1. The second-order valence-electron chi connectivity index (χ2n) is 5.98. The molecule has 1 saturated carbocycles. The van der Waals surface area contributed by atoms with Crippen molar-refractivity contribution in [3.8, 4) is 5.75 Å². The van der Waals surface area contributed by atoms with E-state index >= 15 is 0 Å². The first-order valence-electron chi connectivity index (χ1n) is 7.56. The van der Waals surface area contributed by atoms with E-state index in [0.717, 1.165) is 30.7 Å². The van der Waals surface area contributed by atoms with Crippen molar-refractivity contribution in [1.82, 2.24) is 5.32 Å². The maximum atomic E-state index is 5.43. The molecule has 0 saturated heterocycles. The third-order valence-electron chi connectivity index (χ3n) is 4.28. The predicted octanol–water partition coefficient (Wildman–Crippen LogP) is 3.71. The lowest BCUT2D eigenvalue weighted by Crippen LogP contribution is -2.34. The van der Waals surface area contributed by atoms with Crippen LogP contribution in [0.15, 0.2) is 18.2 Å². The van der Waals surface area contributed by atoms with Gasteiger partial charge in [-0.25, -0.2) is 0 Å². The highest BCUT2D eigenvalue weighted by molar-refractivity contribution is 5.37. The Balaban J connectivity index is 1.80. The Hall–Kier alpha value is -1.02. The molecule has 1 aliphatic carbocycles. The molecule has 0 atom stereocenters. The van der Waals surface area contributed by atoms with Crippen LogP contribution in [-0.2, 0) is 6.42 Å². The topological polar surface area (TPSA) is 21.3 Å². The van der Waals surface area contributed by atoms with Crippen LogP contribution >= 0.6 is 0 Å². The number of hydrogen-bond acceptors (Lipinski definition) is 2. The summed E-state index contributed by atoms with van der Waals surface area (Å²) in [5.41, 5.74) is 2.63. The van der Waals surface area contributed by atoms with Gasteiger partial charge >= 0.3 is 0 Å². The van der Waals surface area contributed by atoms with Gasteiger partial charge in [0.15, 0.2) is 0 Å². The second-order valence-corrected chi connectivity index (χ2v) is 5.98. The first kappa shape index (κ1) is 14.4. The van der Waals surface area contributed by atoms with Crippen molar-refractivity contribution in [2.75, 3.05) is 13.7 Å². The molecule has 1 fully saturated rings. The maximum Gasteiger partial charge on any atom is 0.122 e. The molecule has 2 nitrogen and oxygen atoms in total. The lowest BCUT2D eigenvalue weighted by atomic mass is 9.87. The Morgan fingerprint density at radius 1 is 1.21 bits per heavy atom. The smallest absolute Gasteiger partial charge is 0.122 e. The minimum absolute atomic E-state index is 0.729. The summed E-state index contributed by atoms with van der Waals surface area (Å²) in [4.78, 5) is 0. The zero-order valence-corrected chi connectivity index (χ0v) is 12.5. The van der Waals surface area contributed by atoms with Crippen molar-refractivity contribution in [1.29, 1.82) is 0 Å². The molecular formula is C17H27NO. The molecule has 2 rings (SSSR count). The van der Waals surface area contributed by atoms with Gasteiger partial charge < -0.3 is 10.1 Å². The number of nitrogens with one attached hydrogen (secondary N) is 1. The number of benzene rings is 1. The van der Waals surface area contributed by atoms with Gasteiger partial charge in [0.05, 0.1) is 7.11 Å². The molecule has 106 valence electrons. The summed E-state index contributed by atoms with van der Waals surface area (Å²) in [6.45, 7) is 5.56. The SMILES string of the molecule is COc1ccc(C)cc1CCNC1CCC(C)CC1. The van der Waals surface area contributed by atoms with Crippen LogP contribution in [-0.4, -0.2) is 19.7 Å². The van der Waals surface area contributed by atoms with Crippen molar-refractivity contribution < 1.29 is 4.74 Å². The zero-order valence-electron chi connectivity index (χ0n) is 12.5. The summed E-state index contributed by atoms with van der Waals surface area (Å²) in [6.07, 6.45) is 6.49. The van der Waals surface area contributed by atoms with Gasteiger partial charge in [0.25, 0.3) is 0 Å². The highest BCUT2D eigenvalue weighted by Crippen LogP contribution is 2.24. The van der Waals surface area contributed by atoms with E-state index in [0.29, 0.717) is 0 Å². The Morgan fingerprint density at radius 2 is 1.95 bits per heavy atom. The molecule has 0 aliphatic heterocycles. The summed E-state index contributed by atoms with van der Waals surface area (Å²) < 4.78 is 5.43. The summed E-state index contributed by atoms with van der Waals surface area (Å²) in [6, 6.07) is 7.15. The summed E-state index contributed by atoms with van der Waals surface area (Å²) in [5.74, 6) is 1.94. The largest absolute Gasteiger partial charge is 0.496 e. The molecule has 19 heavy (non-hydrogen) atoms. The van der Waals surface area contributed by atoms with E-state index in [1.807, 2.05) is 0 Å². The minimum atomic E-state index is 0.729. The van der Waals surface area contributed by atoms with Crippen LogP contribution in [0.2, 0.25) is 0 Å². The van der Waals surface area contributed by atoms with E-state index in [2.05, 4.69) is 37.4 Å². The quantitative estimate of drug-likeness (QED) is 0.872. The van der Waals surface area contributed by atoms with E-state index in [-0.39, 0.29) is 0 Å². The van der Waals surface area contributed by atoms with Crippen LogP contribution in [0, 0.1) is 12.8 Å². The lowest BCUT2D eigenvalue weighted by molar-refractivity contribution is 0.308. The summed E-state index contributed by atoms with van der Waals surface area (Å²) in [7, 11) is 1.75. The number of methoxy groups -OCH3 is 1. The van der Waals surface area contributed by atoms with Crippen molar-refractivity contribution in [3.63, 3.8) is 0 Å². The maximum absolute atomic E-state index is 5.43. The van der Waals surface area contributed by atoms with Gasteiger partial charge in [-0.2, -0.15) is 0 Å². The fraction of sp³-hybridized carbons (Fsp3) is 0.647.